The average Bonchev–Trinajstić information content (AvgIpc) is 2.74. The lowest BCUT2D eigenvalue weighted by Gasteiger charge is -2.13. The summed E-state index contributed by atoms with van der Waals surface area (Å²) in [6, 6.07) is 4.68. The van der Waals surface area contributed by atoms with Crippen LogP contribution in [0.4, 0.5) is 4.39 Å². The predicted octanol–water partition coefficient (Wildman–Crippen LogP) is 2.47. The highest BCUT2D eigenvalue weighted by atomic mass is 19.1. The summed E-state index contributed by atoms with van der Waals surface area (Å²) in [5, 5.41) is 9.89. The van der Waals surface area contributed by atoms with Gasteiger partial charge in [0.2, 0.25) is 0 Å². The molecule has 1 heterocycles. The van der Waals surface area contributed by atoms with Gasteiger partial charge in [-0.1, -0.05) is 17.7 Å². The fourth-order valence-electron chi connectivity index (χ4n) is 1.65. The molecule has 0 aliphatic carbocycles. The van der Waals surface area contributed by atoms with Crippen molar-refractivity contribution in [1.29, 1.82) is 0 Å². The minimum absolute atomic E-state index is 0.281. The third-order valence-corrected chi connectivity index (χ3v) is 2.45. The van der Waals surface area contributed by atoms with Crippen LogP contribution in [-0.2, 0) is 4.74 Å². The van der Waals surface area contributed by atoms with Crippen molar-refractivity contribution >= 4 is 0 Å². The molecule has 0 fully saturated rings. The zero-order chi connectivity index (χ0) is 10.8. The molecule has 80 valence electrons. The molecule has 2 rings (SSSR count). The van der Waals surface area contributed by atoms with E-state index < -0.39 is 11.9 Å². The molecule has 15 heavy (non-hydrogen) atoms. The van der Waals surface area contributed by atoms with E-state index >= 15 is 0 Å². The Morgan fingerprint density at radius 1 is 1.47 bits per heavy atom. The second-order valence-corrected chi connectivity index (χ2v) is 3.67. The number of benzene rings is 1. The maximum absolute atomic E-state index is 13.4. The minimum Gasteiger partial charge on any atom is -0.495 e. The topological polar surface area (TPSA) is 29.5 Å². The Morgan fingerprint density at radius 2 is 2.27 bits per heavy atom. The Morgan fingerprint density at radius 3 is 2.93 bits per heavy atom. The van der Waals surface area contributed by atoms with Crippen LogP contribution in [-0.4, -0.2) is 11.7 Å². The fourth-order valence-corrected chi connectivity index (χ4v) is 1.65. The van der Waals surface area contributed by atoms with Crippen molar-refractivity contribution in [1.82, 2.24) is 0 Å². The number of rotatable bonds is 2. The van der Waals surface area contributed by atoms with Crippen molar-refractivity contribution in [3.63, 3.8) is 0 Å². The van der Waals surface area contributed by atoms with Gasteiger partial charge >= 0.3 is 0 Å². The summed E-state index contributed by atoms with van der Waals surface area (Å²) in [6.45, 7) is 2.43. The van der Waals surface area contributed by atoms with E-state index in [0.717, 1.165) is 12.0 Å². The van der Waals surface area contributed by atoms with E-state index in [4.69, 9.17) is 4.74 Å². The molecule has 0 saturated carbocycles. The molecule has 1 N–H and O–H groups in total. The van der Waals surface area contributed by atoms with Gasteiger partial charge in [0.25, 0.3) is 0 Å². The molecule has 0 radical (unpaired) electrons. The number of hydrogen-bond donors (Lipinski definition) is 1. The molecule has 0 amide bonds. The quantitative estimate of drug-likeness (QED) is 0.809. The normalized spacial score (nSPS) is 17.1. The second kappa shape index (κ2) is 4.03. The van der Waals surface area contributed by atoms with E-state index in [1.54, 1.807) is 18.2 Å². The third kappa shape index (κ3) is 2.02. The molecular weight excluding hydrogens is 195 g/mol. The van der Waals surface area contributed by atoms with E-state index in [0.29, 0.717) is 12.4 Å². The molecule has 2 nitrogen and oxygen atoms in total. The Bertz CT molecular complexity index is 399. The van der Waals surface area contributed by atoms with Gasteiger partial charge in [-0.25, -0.2) is 4.39 Å². The lowest BCUT2D eigenvalue weighted by atomic mass is 10.0. The molecule has 0 saturated heterocycles. The van der Waals surface area contributed by atoms with Crippen molar-refractivity contribution in [3.8, 4) is 0 Å². The Kier molecular flexibility index (Phi) is 2.73. The van der Waals surface area contributed by atoms with Crippen LogP contribution in [0.1, 0.15) is 23.7 Å². The van der Waals surface area contributed by atoms with Crippen molar-refractivity contribution in [2.75, 3.05) is 6.61 Å². The highest BCUT2D eigenvalue weighted by Crippen LogP contribution is 2.28. The zero-order valence-corrected chi connectivity index (χ0v) is 8.53. The molecule has 1 aromatic carbocycles. The molecule has 0 spiro atoms. The van der Waals surface area contributed by atoms with Gasteiger partial charge in [0.05, 0.1) is 6.61 Å². The first-order chi connectivity index (χ1) is 7.18. The standard InChI is InChI=1S/C12H13FO2/c1-8-4-5-10(13)9(7-8)12(14)11-3-2-6-15-11/h3-5,7,12,14H,2,6H2,1H3. The highest BCUT2D eigenvalue weighted by Gasteiger charge is 2.20. The molecule has 1 aliphatic rings. The fraction of sp³-hybridized carbons (Fsp3) is 0.333. The summed E-state index contributed by atoms with van der Waals surface area (Å²) in [7, 11) is 0. The number of halogens is 1. The van der Waals surface area contributed by atoms with Gasteiger partial charge in [0.15, 0.2) is 0 Å². The minimum atomic E-state index is -0.979. The average molecular weight is 208 g/mol. The van der Waals surface area contributed by atoms with E-state index in [1.165, 1.54) is 6.07 Å². The number of aliphatic hydroxyl groups is 1. The van der Waals surface area contributed by atoms with Gasteiger partial charge in [0.1, 0.15) is 17.7 Å². The first-order valence-electron chi connectivity index (χ1n) is 4.95. The lowest BCUT2D eigenvalue weighted by Crippen LogP contribution is -2.05. The maximum Gasteiger partial charge on any atom is 0.138 e. The molecule has 1 atom stereocenters. The van der Waals surface area contributed by atoms with Crippen LogP contribution in [0, 0.1) is 12.7 Å². The summed E-state index contributed by atoms with van der Waals surface area (Å²) in [5.41, 5.74) is 1.20. The number of hydrogen-bond acceptors (Lipinski definition) is 2. The number of aryl methyl sites for hydroxylation is 1. The summed E-state index contributed by atoms with van der Waals surface area (Å²) in [6.07, 6.45) is 1.60. The number of ether oxygens (including phenoxy) is 1. The summed E-state index contributed by atoms with van der Waals surface area (Å²) in [5.74, 6) is 0.0593. The largest absolute Gasteiger partial charge is 0.495 e. The third-order valence-electron chi connectivity index (χ3n) is 2.45. The second-order valence-electron chi connectivity index (χ2n) is 3.67. The summed E-state index contributed by atoms with van der Waals surface area (Å²) >= 11 is 0. The first-order valence-corrected chi connectivity index (χ1v) is 4.95. The Labute approximate surface area is 88.0 Å². The Hall–Kier alpha value is -1.35. The van der Waals surface area contributed by atoms with Crippen LogP contribution in [0.5, 0.6) is 0 Å². The van der Waals surface area contributed by atoms with Gasteiger partial charge in [-0.3, -0.25) is 0 Å². The Balaban J connectivity index is 2.31. The molecule has 1 unspecified atom stereocenters. The van der Waals surface area contributed by atoms with Crippen molar-refractivity contribution in [2.45, 2.75) is 19.4 Å². The van der Waals surface area contributed by atoms with E-state index in [-0.39, 0.29) is 5.56 Å². The zero-order valence-electron chi connectivity index (χ0n) is 8.53. The van der Waals surface area contributed by atoms with Crippen LogP contribution in [0.3, 0.4) is 0 Å². The van der Waals surface area contributed by atoms with Gasteiger partial charge in [-0.05, 0) is 19.1 Å². The number of aliphatic hydroxyl groups excluding tert-OH is 1. The van der Waals surface area contributed by atoms with Crippen LogP contribution >= 0.6 is 0 Å². The summed E-state index contributed by atoms with van der Waals surface area (Å²) in [4.78, 5) is 0. The van der Waals surface area contributed by atoms with Crippen molar-refractivity contribution in [2.24, 2.45) is 0 Å². The van der Waals surface area contributed by atoms with Crippen LogP contribution in [0.2, 0.25) is 0 Å². The highest BCUT2D eigenvalue weighted by molar-refractivity contribution is 5.30. The van der Waals surface area contributed by atoms with Crippen molar-refractivity contribution < 1.29 is 14.2 Å². The van der Waals surface area contributed by atoms with Gasteiger partial charge in [-0.15, -0.1) is 0 Å². The van der Waals surface area contributed by atoms with Crippen LogP contribution in [0.25, 0.3) is 0 Å². The molecule has 1 aliphatic heterocycles. The molecular formula is C12H13FO2. The first kappa shape index (κ1) is 10.2. The van der Waals surface area contributed by atoms with E-state index in [1.807, 2.05) is 6.92 Å². The smallest absolute Gasteiger partial charge is 0.138 e. The lowest BCUT2D eigenvalue weighted by molar-refractivity contribution is 0.116. The maximum atomic E-state index is 13.4. The predicted molar refractivity (Wildman–Crippen MR) is 54.7 cm³/mol. The van der Waals surface area contributed by atoms with Crippen molar-refractivity contribution in [3.05, 3.63) is 47.0 Å². The van der Waals surface area contributed by atoms with Crippen LogP contribution in [0.15, 0.2) is 30.0 Å². The van der Waals surface area contributed by atoms with Gasteiger partial charge in [-0.2, -0.15) is 0 Å². The van der Waals surface area contributed by atoms with E-state index in [2.05, 4.69) is 0 Å². The SMILES string of the molecule is Cc1ccc(F)c(C(O)C2=CCCO2)c1. The molecule has 0 bridgehead atoms. The summed E-state index contributed by atoms with van der Waals surface area (Å²) < 4.78 is 18.6. The molecule has 0 aromatic heterocycles. The van der Waals surface area contributed by atoms with Gasteiger partial charge in [0, 0.05) is 12.0 Å². The molecule has 3 heteroatoms. The molecule has 1 aromatic rings. The monoisotopic (exact) mass is 208 g/mol. The van der Waals surface area contributed by atoms with Gasteiger partial charge < -0.3 is 9.84 Å². The van der Waals surface area contributed by atoms with Crippen LogP contribution < -0.4 is 0 Å². The van der Waals surface area contributed by atoms with E-state index in [9.17, 15) is 9.50 Å².